The van der Waals surface area contributed by atoms with Gasteiger partial charge in [0, 0.05) is 5.69 Å². The van der Waals surface area contributed by atoms with Gasteiger partial charge >= 0.3 is 0 Å². The second kappa shape index (κ2) is 8.90. The summed E-state index contributed by atoms with van der Waals surface area (Å²) in [7, 11) is -3.79. The minimum Gasteiger partial charge on any atom is -0.324 e. The summed E-state index contributed by atoms with van der Waals surface area (Å²) in [6.07, 6.45) is 0.251. The van der Waals surface area contributed by atoms with Crippen molar-refractivity contribution < 1.29 is 13.2 Å². The number of carbonyl (C=O) groups excluding carboxylic acids is 1. The zero-order valence-corrected chi connectivity index (χ0v) is 18.2. The summed E-state index contributed by atoms with van der Waals surface area (Å²) in [6, 6.07) is 15.6. The number of carbonyl (C=O) groups is 1. The lowest BCUT2D eigenvalue weighted by Crippen LogP contribution is -2.45. The van der Waals surface area contributed by atoms with Crippen molar-refractivity contribution in [2.24, 2.45) is 0 Å². The lowest BCUT2D eigenvalue weighted by Gasteiger charge is -2.20. The first-order chi connectivity index (χ1) is 13.8. The molecule has 7 heteroatoms. The number of hydrogen-bond acceptors (Lipinski definition) is 4. The molecule has 5 nitrogen and oxygen atoms in total. The molecule has 3 rings (SSSR count). The zero-order valence-electron chi connectivity index (χ0n) is 16.6. The van der Waals surface area contributed by atoms with Crippen LogP contribution in [0.25, 0.3) is 0 Å². The van der Waals surface area contributed by atoms with Crippen LogP contribution in [0.2, 0.25) is 0 Å². The molecule has 0 aliphatic carbocycles. The standard InChI is InChI=1S/C22H24N2O3S2/c1-15-12-16(2)21(17(3)13-15)23-22(25)19(14-18-8-5-4-6-9-18)24-29(26,27)20-10-7-11-28-20/h4-13,19,24H,14H2,1-3H3,(H,23,25). The van der Waals surface area contributed by atoms with Gasteiger partial charge in [-0.1, -0.05) is 54.1 Å². The number of rotatable bonds is 7. The summed E-state index contributed by atoms with van der Waals surface area (Å²) >= 11 is 1.12. The number of sulfonamides is 1. The highest BCUT2D eigenvalue weighted by Gasteiger charge is 2.27. The van der Waals surface area contributed by atoms with Crippen LogP contribution in [0.1, 0.15) is 22.3 Å². The van der Waals surface area contributed by atoms with Crippen LogP contribution in [0.3, 0.4) is 0 Å². The van der Waals surface area contributed by atoms with Crippen LogP contribution in [0.5, 0.6) is 0 Å². The molecule has 1 aromatic heterocycles. The maximum Gasteiger partial charge on any atom is 0.250 e. The SMILES string of the molecule is Cc1cc(C)c(NC(=O)C(Cc2ccccc2)NS(=O)(=O)c2cccs2)c(C)c1. The van der Waals surface area contributed by atoms with Crippen molar-refractivity contribution in [3.8, 4) is 0 Å². The Morgan fingerprint density at radius 3 is 2.24 bits per heavy atom. The van der Waals surface area contributed by atoms with Crippen molar-refractivity contribution >= 4 is 33.0 Å². The topological polar surface area (TPSA) is 75.3 Å². The van der Waals surface area contributed by atoms with E-state index in [0.29, 0.717) is 5.69 Å². The first kappa shape index (κ1) is 21.2. The summed E-state index contributed by atoms with van der Waals surface area (Å²) in [5, 5.41) is 4.63. The highest BCUT2D eigenvalue weighted by molar-refractivity contribution is 7.91. The van der Waals surface area contributed by atoms with Crippen LogP contribution in [0, 0.1) is 20.8 Å². The van der Waals surface area contributed by atoms with Gasteiger partial charge in [-0.15, -0.1) is 11.3 Å². The Hall–Kier alpha value is -2.48. The number of nitrogens with one attached hydrogen (secondary N) is 2. The van der Waals surface area contributed by atoms with E-state index in [1.807, 2.05) is 63.2 Å². The highest BCUT2D eigenvalue weighted by Crippen LogP contribution is 2.23. The normalized spacial score (nSPS) is 12.5. The first-order valence-electron chi connectivity index (χ1n) is 9.25. The van der Waals surface area contributed by atoms with E-state index in [-0.39, 0.29) is 16.5 Å². The Morgan fingerprint density at radius 2 is 1.66 bits per heavy atom. The smallest absolute Gasteiger partial charge is 0.250 e. The number of aryl methyl sites for hydroxylation is 3. The van der Waals surface area contributed by atoms with Gasteiger partial charge in [0.05, 0.1) is 0 Å². The van der Waals surface area contributed by atoms with Crippen molar-refractivity contribution in [3.05, 3.63) is 82.2 Å². The van der Waals surface area contributed by atoms with Gasteiger partial charge < -0.3 is 5.32 Å². The first-order valence-corrected chi connectivity index (χ1v) is 11.6. The van der Waals surface area contributed by atoms with E-state index in [4.69, 9.17) is 0 Å². The average molecular weight is 429 g/mol. The Bertz CT molecular complexity index is 1070. The predicted octanol–water partition coefficient (Wildman–Crippen LogP) is 4.20. The van der Waals surface area contributed by atoms with E-state index < -0.39 is 16.1 Å². The van der Waals surface area contributed by atoms with Crippen molar-refractivity contribution in [2.45, 2.75) is 37.4 Å². The zero-order chi connectivity index (χ0) is 21.0. The molecule has 1 amide bonds. The van der Waals surface area contributed by atoms with Crippen LogP contribution in [-0.4, -0.2) is 20.4 Å². The van der Waals surface area contributed by atoms with E-state index in [0.717, 1.165) is 33.6 Å². The Balaban J connectivity index is 1.89. The molecular weight excluding hydrogens is 404 g/mol. The van der Waals surface area contributed by atoms with Gasteiger partial charge in [0.2, 0.25) is 5.91 Å². The van der Waals surface area contributed by atoms with Crippen LogP contribution in [0.4, 0.5) is 5.69 Å². The average Bonchev–Trinajstić information content (AvgIpc) is 3.20. The molecule has 0 radical (unpaired) electrons. The van der Waals surface area contributed by atoms with Gasteiger partial charge in [0.25, 0.3) is 10.0 Å². The van der Waals surface area contributed by atoms with Crippen LogP contribution >= 0.6 is 11.3 Å². The fraction of sp³-hybridized carbons (Fsp3) is 0.227. The molecule has 0 saturated carbocycles. The van der Waals surface area contributed by atoms with Crippen LogP contribution < -0.4 is 10.0 Å². The molecule has 1 atom stereocenters. The summed E-state index contributed by atoms with van der Waals surface area (Å²) in [6.45, 7) is 5.86. The molecule has 0 aliphatic rings. The van der Waals surface area contributed by atoms with E-state index in [1.54, 1.807) is 11.4 Å². The molecular formula is C22H24N2O3S2. The lowest BCUT2D eigenvalue weighted by atomic mass is 10.0. The number of anilines is 1. The quantitative estimate of drug-likeness (QED) is 0.592. The maximum atomic E-state index is 13.1. The number of thiophene rings is 1. The largest absolute Gasteiger partial charge is 0.324 e. The van der Waals surface area contributed by atoms with Gasteiger partial charge in [0.15, 0.2) is 0 Å². The maximum absolute atomic E-state index is 13.1. The summed E-state index contributed by atoms with van der Waals surface area (Å²) in [5.74, 6) is -0.385. The third-order valence-electron chi connectivity index (χ3n) is 4.58. The summed E-state index contributed by atoms with van der Waals surface area (Å²) < 4.78 is 28.3. The minimum atomic E-state index is -3.79. The van der Waals surface area contributed by atoms with Gasteiger partial charge in [-0.25, -0.2) is 8.42 Å². The number of hydrogen-bond donors (Lipinski definition) is 2. The van der Waals surface area contributed by atoms with Gasteiger partial charge in [-0.3, -0.25) is 4.79 Å². The lowest BCUT2D eigenvalue weighted by molar-refractivity contribution is -0.117. The van der Waals surface area contributed by atoms with E-state index in [2.05, 4.69) is 10.0 Å². The van der Waals surface area contributed by atoms with Crippen molar-refractivity contribution in [3.63, 3.8) is 0 Å². The van der Waals surface area contributed by atoms with Crippen molar-refractivity contribution in [1.29, 1.82) is 0 Å². The molecule has 1 unspecified atom stereocenters. The Morgan fingerprint density at radius 1 is 1.00 bits per heavy atom. The monoisotopic (exact) mass is 428 g/mol. The van der Waals surface area contributed by atoms with Crippen molar-refractivity contribution in [2.75, 3.05) is 5.32 Å². The molecule has 0 spiro atoms. The fourth-order valence-corrected chi connectivity index (χ4v) is 5.49. The molecule has 29 heavy (non-hydrogen) atoms. The van der Waals surface area contributed by atoms with Gasteiger partial charge in [-0.05, 0) is 55.3 Å². The molecule has 0 aliphatic heterocycles. The summed E-state index contributed by atoms with van der Waals surface area (Å²) in [5.41, 5.74) is 4.58. The van der Waals surface area contributed by atoms with E-state index in [1.165, 1.54) is 6.07 Å². The molecule has 152 valence electrons. The molecule has 2 aromatic carbocycles. The van der Waals surface area contributed by atoms with E-state index >= 15 is 0 Å². The number of amides is 1. The summed E-state index contributed by atoms with van der Waals surface area (Å²) in [4.78, 5) is 13.1. The second-order valence-electron chi connectivity index (χ2n) is 7.06. The third kappa shape index (κ3) is 5.32. The van der Waals surface area contributed by atoms with Crippen molar-refractivity contribution in [1.82, 2.24) is 4.72 Å². The Kier molecular flexibility index (Phi) is 6.52. The molecule has 1 heterocycles. The fourth-order valence-electron chi connectivity index (χ4n) is 3.29. The van der Waals surface area contributed by atoms with Gasteiger partial charge in [0.1, 0.15) is 10.3 Å². The third-order valence-corrected chi connectivity index (χ3v) is 7.45. The highest BCUT2D eigenvalue weighted by atomic mass is 32.2. The molecule has 2 N–H and O–H groups in total. The molecule has 0 saturated heterocycles. The minimum absolute atomic E-state index is 0.186. The van der Waals surface area contributed by atoms with Crippen LogP contribution in [-0.2, 0) is 21.2 Å². The van der Waals surface area contributed by atoms with E-state index in [9.17, 15) is 13.2 Å². The predicted molar refractivity (Wildman–Crippen MR) is 118 cm³/mol. The van der Waals surface area contributed by atoms with Crippen LogP contribution in [0.15, 0.2) is 64.2 Å². The molecule has 0 bridgehead atoms. The molecule has 0 fully saturated rings. The second-order valence-corrected chi connectivity index (χ2v) is 9.95. The van der Waals surface area contributed by atoms with Gasteiger partial charge in [-0.2, -0.15) is 4.72 Å². The Labute approximate surface area is 175 Å². The number of benzene rings is 2. The molecule has 3 aromatic rings.